The summed E-state index contributed by atoms with van der Waals surface area (Å²) in [6, 6.07) is 12.9. The van der Waals surface area contributed by atoms with E-state index in [1.165, 1.54) is 6.92 Å². The van der Waals surface area contributed by atoms with Crippen LogP contribution in [-0.2, 0) is 0 Å². The quantitative estimate of drug-likeness (QED) is 0.544. The number of aromatic nitrogens is 1. The number of thiocarbonyl (C=S) groups is 1. The molecular formula is C18H18N4O2S. The van der Waals surface area contributed by atoms with E-state index in [9.17, 15) is 4.79 Å². The van der Waals surface area contributed by atoms with Crippen LogP contribution in [0.1, 0.15) is 17.3 Å². The molecule has 0 spiro atoms. The van der Waals surface area contributed by atoms with Crippen molar-refractivity contribution in [3.05, 3.63) is 48.0 Å². The smallest absolute Gasteiger partial charge is 0.185 e. The maximum atomic E-state index is 11.3. The van der Waals surface area contributed by atoms with E-state index in [1.54, 1.807) is 24.3 Å². The lowest BCUT2D eigenvalue weighted by atomic mass is 10.1. The number of carbonyl (C=O) groups excluding carboxylic acids is 1. The molecule has 0 saturated carbocycles. The van der Waals surface area contributed by atoms with Gasteiger partial charge < -0.3 is 20.1 Å². The maximum absolute atomic E-state index is 11.3. The van der Waals surface area contributed by atoms with Crippen LogP contribution in [-0.4, -0.2) is 30.1 Å². The van der Waals surface area contributed by atoms with Crippen LogP contribution in [0.15, 0.2) is 47.0 Å². The summed E-state index contributed by atoms with van der Waals surface area (Å²) in [4.78, 5) is 13.3. The molecule has 3 aromatic rings. The Balaban J connectivity index is 1.79. The van der Waals surface area contributed by atoms with Crippen LogP contribution in [0.2, 0.25) is 0 Å². The predicted molar refractivity (Wildman–Crippen MR) is 105 cm³/mol. The molecule has 0 aliphatic rings. The van der Waals surface area contributed by atoms with Gasteiger partial charge in [0.05, 0.1) is 11.1 Å². The molecule has 0 saturated heterocycles. The van der Waals surface area contributed by atoms with Crippen molar-refractivity contribution in [2.45, 2.75) is 6.92 Å². The summed E-state index contributed by atoms with van der Waals surface area (Å²) in [5, 5.41) is 11.5. The zero-order chi connectivity index (χ0) is 18.0. The van der Waals surface area contributed by atoms with E-state index in [4.69, 9.17) is 16.7 Å². The number of hydrogen-bond donors (Lipinski definition) is 2. The fourth-order valence-electron chi connectivity index (χ4n) is 2.49. The van der Waals surface area contributed by atoms with Crippen molar-refractivity contribution < 1.29 is 9.32 Å². The summed E-state index contributed by atoms with van der Waals surface area (Å²) in [6.45, 7) is 1.53. The molecule has 1 aromatic heterocycles. The largest absolute Gasteiger partial charge is 0.377 e. The molecule has 0 unspecified atom stereocenters. The zero-order valence-corrected chi connectivity index (χ0v) is 15.0. The molecule has 6 nitrogen and oxygen atoms in total. The number of nitrogens with one attached hydrogen (secondary N) is 2. The second-order valence-electron chi connectivity index (χ2n) is 5.79. The van der Waals surface area contributed by atoms with Gasteiger partial charge in [-0.1, -0.05) is 11.2 Å². The van der Waals surface area contributed by atoms with Gasteiger partial charge in [0, 0.05) is 25.3 Å². The molecule has 0 radical (unpaired) electrons. The number of fused-ring (bicyclic) bond motifs is 1. The average Bonchev–Trinajstić information content (AvgIpc) is 2.98. The summed E-state index contributed by atoms with van der Waals surface area (Å²) >= 11 is 5.36. The summed E-state index contributed by atoms with van der Waals surface area (Å²) in [6.07, 6.45) is 0. The molecule has 0 atom stereocenters. The number of benzene rings is 2. The Labute approximate surface area is 150 Å². The molecule has 2 N–H and O–H groups in total. The summed E-state index contributed by atoms with van der Waals surface area (Å²) < 4.78 is 5.37. The van der Waals surface area contributed by atoms with Gasteiger partial charge in [-0.2, -0.15) is 0 Å². The highest BCUT2D eigenvalue weighted by Gasteiger charge is 2.14. The lowest BCUT2D eigenvalue weighted by Crippen LogP contribution is -2.19. The van der Waals surface area contributed by atoms with E-state index in [0.717, 1.165) is 16.8 Å². The molecule has 0 amide bonds. The van der Waals surface area contributed by atoms with Crippen molar-refractivity contribution in [1.29, 1.82) is 0 Å². The number of carbonyl (C=O) groups is 1. The molecule has 2 aromatic carbocycles. The SMILES string of the molecule is CC(=O)c1ccc(NC(=S)Nc2noc3cccc(N(C)C)c23)cc1. The molecule has 128 valence electrons. The van der Waals surface area contributed by atoms with Crippen LogP contribution in [0.3, 0.4) is 0 Å². The Kier molecular flexibility index (Phi) is 4.67. The topological polar surface area (TPSA) is 70.4 Å². The Morgan fingerprint density at radius 1 is 1.12 bits per heavy atom. The van der Waals surface area contributed by atoms with Crippen molar-refractivity contribution in [2.24, 2.45) is 0 Å². The molecule has 1 heterocycles. The van der Waals surface area contributed by atoms with Crippen molar-refractivity contribution in [3.63, 3.8) is 0 Å². The minimum absolute atomic E-state index is 0.0255. The van der Waals surface area contributed by atoms with Gasteiger partial charge >= 0.3 is 0 Å². The fourth-order valence-corrected chi connectivity index (χ4v) is 2.70. The second kappa shape index (κ2) is 6.90. The minimum Gasteiger partial charge on any atom is -0.377 e. The molecule has 0 aliphatic carbocycles. The van der Waals surface area contributed by atoms with Gasteiger partial charge in [0.15, 0.2) is 22.3 Å². The van der Waals surface area contributed by atoms with E-state index in [2.05, 4.69) is 15.8 Å². The number of rotatable bonds is 4. The Bertz CT molecular complexity index is 932. The lowest BCUT2D eigenvalue weighted by molar-refractivity contribution is 0.101. The normalized spacial score (nSPS) is 10.5. The van der Waals surface area contributed by atoms with Gasteiger partial charge in [0.1, 0.15) is 0 Å². The predicted octanol–water partition coefficient (Wildman–Crippen LogP) is 3.91. The van der Waals surface area contributed by atoms with E-state index >= 15 is 0 Å². The van der Waals surface area contributed by atoms with E-state index in [-0.39, 0.29) is 5.78 Å². The molecule has 25 heavy (non-hydrogen) atoms. The summed E-state index contributed by atoms with van der Waals surface area (Å²) in [5.41, 5.74) is 3.10. The monoisotopic (exact) mass is 354 g/mol. The van der Waals surface area contributed by atoms with Gasteiger partial charge in [0.2, 0.25) is 0 Å². The molecule has 0 bridgehead atoms. The zero-order valence-electron chi connectivity index (χ0n) is 14.2. The Morgan fingerprint density at radius 3 is 2.48 bits per heavy atom. The van der Waals surface area contributed by atoms with Crippen LogP contribution in [0, 0.1) is 0 Å². The van der Waals surface area contributed by atoms with E-state index < -0.39 is 0 Å². The van der Waals surface area contributed by atoms with Gasteiger partial charge in [0.25, 0.3) is 0 Å². The summed E-state index contributed by atoms with van der Waals surface area (Å²) in [5.74, 6) is 0.578. The minimum atomic E-state index is 0.0255. The van der Waals surface area contributed by atoms with Crippen molar-refractivity contribution in [3.8, 4) is 0 Å². The molecule has 7 heteroatoms. The number of ketones is 1. The van der Waals surface area contributed by atoms with Gasteiger partial charge in [-0.3, -0.25) is 4.79 Å². The molecular weight excluding hydrogens is 336 g/mol. The average molecular weight is 354 g/mol. The highest BCUT2D eigenvalue weighted by molar-refractivity contribution is 7.80. The third kappa shape index (κ3) is 3.61. The van der Waals surface area contributed by atoms with Crippen LogP contribution in [0.25, 0.3) is 11.0 Å². The molecule has 0 fully saturated rings. The van der Waals surface area contributed by atoms with Crippen LogP contribution < -0.4 is 15.5 Å². The first-order chi connectivity index (χ1) is 12.0. The van der Waals surface area contributed by atoms with E-state index in [1.807, 2.05) is 37.2 Å². The first-order valence-corrected chi connectivity index (χ1v) is 8.11. The summed E-state index contributed by atoms with van der Waals surface area (Å²) in [7, 11) is 3.91. The van der Waals surface area contributed by atoms with Crippen LogP contribution >= 0.6 is 12.2 Å². The first-order valence-electron chi connectivity index (χ1n) is 7.70. The number of hydrogen-bond acceptors (Lipinski definition) is 5. The standard InChI is InChI=1S/C18H18N4O2S/c1-11(23)12-7-9-13(10-8-12)19-18(25)20-17-16-14(22(2)3)5-4-6-15(16)24-21-17/h4-10H,1-3H3,(H2,19,20,21,25). The third-order valence-electron chi connectivity index (χ3n) is 3.74. The van der Waals surface area contributed by atoms with Gasteiger partial charge in [-0.05, 0) is 55.5 Å². The maximum Gasteiger partial charge on any atom is 0.185 e. The van der Waals surface area contributed by atoms with Crippen molar-refractivity contribution in [1.82, 2.24) is 5.16 Å². The van der Waals surface area contributed by atoms with Crippen LogP contribution in [0.5, 0.6) is 0 Å². The first kappa shape index (κ1) is 16.9. The number of Topliss-reactive ketones (excluding diaryl/α,β-unsaturated/α-hetero) is 1. The van der Waals surface area contributed by atoms with Crippen molar-refractivity contribution >= 4 is 51.3 Å². The van der Waals surface area contributed by atoms with Crippen molar-refractivity contribution in [2.75, 3.05) is 29.6 Å². The fraction of sp³-hybridized carbons (Fsp3) is 0.167. The van der Waals surface area contributed by atoms with Gasteiger partial charge in [-0.15, -0.1) is 0 Å². The number of nitrogens with zero attached hydrogens (tertiary/aromatic N) is 2. The third-order valence-corrected chi connectivity index (χ3v) is 3.94. The molecule has 3 rings (SSSR count). The Hall–Kier alpha value is -2.93. The number of anilines is 3. The molecule has 0 aliphatic heterocycles. The van der Waals surface area contributed by atoms with Gasteiger partial charge in [-0.25, -0.2) is 0 Å². The lowest BCUT2D eigenvalue weighted by Gasteiger charge is -2.14. The van der Waals surface area contributed by atoms with Crippen LogP contribution in [0.4, 0.5) is 17.2 Å². The highest BCUT2D eigenvalue weighted by Crippen LogP contribution is 2.31. The second-order valence-corrected chi connectivity index (χ2v) is 6.20. The highest BCUT2D eigenvalue weighted by atomic mass is 32.1. The Morgan fingerprint density at radius 2 is 1.84 bits per heavy atom. The van der Waals surface area contributed by atoms with E-state index in [0.29, 0.717) is 22.1 Å².